The summed E-state index contributed by atoms with van der Waals surface area (Å²) in [6, 6.07) is 1.24. The molecule has 0 bridgehead atoms. The summed E-state index contributed by atoms with van der Waals surface area (Å²) >= 11 is 0. The number of hydrogen-bond donors (Lipinski definition) is 1. The average molecular weight is 227 g/mol. The average Bonchev–Trinajstić information content (AvgIpc) is 2.30. The van der Waals surface area contributed by atoms with Crippen LogP contribution in [0.25, 0.3) is 0 Å². The smallest absolute Gasteiger partial charge is 0.0632 e. The van der Waals surface area contributed by atoms with E-state index in [0.717, 1.165) is 32.3 Å². The third kappa shape index (κ3) is 3.42. The molecule has 2 rings (SSSR count). The van der Waals surface area contributed by atoms with E-state index < -0.39 is 0 Å². The Morgan fingerprint density at radius 2 is 2.38 bits per heavy atom. The van der Waals surface area contributed by atoms with Crippen molar-refractivity contribution in [1.82, 2.24) is 15.1 Å². The number of piperidine rings is 1. The minimum Gasteiger partial charge on any atom is -0.378 e. The Balaban J connectivity index is 1.75. The molecule has 0 radical (unpaired) electrons. The van der Waals surface area contributed by atoms with Gasteiger partial charge in [0.1, 0.15) is 0 Å². The fourth-order valence-corrected chi connectivity index (χ4v) is 2.73. The van der Waals surface area contributed by atoms with Crippen LogP contribution in [0.5, 0.6) is 0 Å². The summed E-state index contributed by atoms with van der Waals surface area (Å²) in [6.07, 6.45) is 2.68. The summed E-state index contributed by atoms with van der Waals surface area (Å²) in [5.74, 6) is 0. The molecule has 0 aromatic heterocycles. The molecule has 2 heterocycles. The van der Waals surface area contributed by atoms with Gasteiger partial charge in [-0.2, -0.15) is 0 Å². The number of likely N-dealkylation sites (N-methyl/N-ethyl adjacent to an activating group) is 2. The van der Waals surface area contributed by atoms with Crippen LogP contribution in [0, 0.1) is 0 Å². The van der Waals surface area contributed by atoms with E-state index in [4.69, 9.17) is 4.74 Å². The van der Waals surface area contributed by atoms with E-state index in [1.165, 1.54) is 25.9 Å². The van der Waals surface area contributed by atoms with Crippen molar-refractivity contribution >= 4 is 0 Å². The molecule has 2 fully saturated rings. The maximum atomic E-state index is 5.49. The topological polar surface area (TPSA) is 27.7 Å². The number of morpholine rings is 1. The van der Waals surface area contributed by atoms with E-state index in [0.29, 0.717) is 6.04 Å². The third-order valence-corrected chi connectivity index (χ3v) is 3.73. The van der Waals surface area contributed by atoms with Gasteiger partial charge in [0, 0.05) is 31.7 Å². The second-order valence-electron chi connectivity index (χ2n) is 5.22. The van der Waals surface area contributed by atoms with Gasteiger partial charge in [0.2, 0.25) is 0 Å². The van der Waals surface area contributed by atoms with Crippen molar-refractivity contribution in [3.8, 4) is 0 Å². The molecule has 0 aromatic carbocycles. The first kappa shape index (κ1) is 12.3. The zero-order chi connectivity index (χ0) is 11.4. The predicted octanol–water partition coefficient (Wildman–Crippen LogP) is 0.000800. The van der Waals surface area contributed by atoms with Crippen LogP contribution in [-0.4, -0.2) is 75.4 Å². The highest BCUT2D eigenvalue weighted by Crippen LogP contribution is 2.13. The fourth-order valence-electron chi connectivity index (χ4n) is 2.73. The van der Waals surface area contributed by atoms with Crippen molar-refractivity contribution in [2.75, 3.05) is 53.5 Å². The fraction of sp³-hybridized carbons (Fsp3) is 1.00. The van der Waals surface area contributed by atoms with Crippen molar-refractivity contribution in [3.63, 3.8) is 0 Å². The standard InChI is InChI=1S/C12H25N3O/c1-14-6-3-4-12(9-14)15(2)8-11-10-16-7-5-13-11/h11-13H,3-10H2,1-2H3. The highest BCUT2D eigenvalue weighted by atomic mass is 16.5. The highest BCUT2D eigenvalue weighted by Gasteiger charge is 2.23. The lowest BCUT2D eigenvalue weighted by atomic mass is 10.0. The monoisotopic (exact) mass is 227 g/mol. The molecule has 2 aliphatic rings. The molecule has 4 nitrogen and oxygen atoms in total. The largest absolute Gasteiger partial charge is 0.378 e. The summed E-state index contributed by atoms with van der Waals surface area (Å²) in [6.45, 7) is 6.32. The van der Waals surface area contributed by atoms with Crippen LogP contribution in [-0.2, 0) is 4.74 Å². The lowest BCUT2D eigenvalue weighted by Crippen LogP contribution is -2.52. The molecule has 0 amide bonds. The highest BCUT2D eigenvalue weighted by molar-refractivity contribution is 4.81. The normalized spacial score (nSPS) is 33.2. The third-order valence-electron chi connectivity index (χ3n) is 3.73. The molecule has 2 atom stereocenters. The molecular formula is C12H25N3O. The lowest BCUT2D eigenvalue weighted by Gasteiger charge is -2.38. The Morgan fingerprint density at radius 3 is 3.06 bits per heavy atom. The minimum atomic E-state index is 0.519. The Bertz CT molecular complexity index is 206. The first-order chi connectivity index (χ1) is 7.75. The molecule has 16 heavy (non-hydrogen) atoms. The van der Waals surface area contributed by atoms with Crippen molar-refractivity contribution in [2.45, 2.75) is 24.9 Å². The van der Waals surface area contributed by atoms with Crippen molar-refractivity contribution in [3.05, 3.63) is 0 Å². The number of likely N-dealkylation sites (tertiary alicyclic amines) is 1. The SMILES string of the molecule is CN1CCCC(N(C)CC2COCCN2)C1. The number of nitrogens with one attached hydrogen (secondary N) is 1. The second kappa shape index (κ2) is 5.96. The Labute approximate surface area is 98.9 Å². The molecule has 2 saturated heterocycles. The van der Waals surface area contributed by atoms with Gasteiger partial charge in [-0.15, -0.1) is 0 Å². The molecule has 4 heteroatoms. The maximum Gasteiger partial charge on any atom is 0.0632 e. The summed E-state index contributed by atoms with van der Waals surface area (Å²) in [5, 5.41) is 3.52. The van der Waals surface area contributed by atoms with Gasteiger partial charge in [-0.05, 0) is 33.5 Å². The molecule has 0 saturated carbocycles. The van der Waals surface area contributed by atoms with Gasteiger partial charge in [0.15, 0.2) is 0 Å². The first-order valence-corrected chi connectivity index (χ1v) is 6.45. The van der Waals surface area contributed by atoms with E-state index in [-0.39, 0.29) is 0 Å². The van der Waals surface area contributed by atoms with Crippen LogP contribution in [0.15, 0.2) is 0 Å². The molecule has 1 N–H and O–H groups in total. The summed E-state index contributed by atoms with van der Waals surface area (Å²) < 4.78 is 5.49. The van der Waals surface area contributed by atoms with E-state index in [2.05, 4.69) is 29.2 Å². The predicted molar refractivity (Wildman–Crippen MR) is 65.8 cm³/mol. The van der Waals surface area contributed by atoms with Crippen molar-refractivity contribution in [2.24, 2.45) is 0 Å². The van der Waals surface area contributed by atoms with E-state index >= 15 is 0 Å². The minimum absolute atomic E-state index is 0.519. The first-order valence-electron chi connectivity index (χ1n) is 6.45. The van der Waals surface area contributed by atoms with Gasteiger partial charge >= 0.3 is 0 Å². The summed E-state index contributed by atoms with van der Waals surface area (Å²) in [4.78, 5) is 4.94. The quantitative estimate of drug-likeness (QED) is 0.734. The van der Waals surface area contributed by atoms with Gasteiger partial charge in [-0.25, -0.2) is 0 Å². The van der Waals surface area contributed by atoms with Crippen LogP contribution in [0.3, 0.4) is 0 Å². The van der Waals surface area contributed by atoms with E-state index in [1.807, 2.05) is 0 Å². The van der Waals surface area contributed by atoms with Gasteiger partial charge in [-0.1, -0.05) is 0 Å². The molecule has 94 valence electrons. The van der Waals surface area contributed by atoms with Crippen LogP contribution in [0.4, 0.5) is 0 Å². The van der Waals surface area contributed by atoms with Gasteiger partial charge in [0.05, 0.1) is 13.2 Å². The van der Waals surface area contributed by atoms with E-state index in [9.17, 15) is 0 Å². The molecule has 2 aliphatic heterocycles. The lowest BCUT2D eigenvalue weighted by molar-refractivity contribution is 0.0510. The molecule has 0 aliphatic carbocycles. The van der Waals surface area contributed by atoms with E-state index in [1.54, 1.807) is 0 Å². The summed E-state index contributed by atoms with van der Waals surface area (Å²) in [7, 11) is 4.47. The number of nitrogens with zero attached hydrogens (tertiary/aromatic N) is 2. The maximum absolute atomic E-state index is 5.49. The number of hydrogen-bond acceptors (Lipinski definition) is 4. The van der Waals surface area contributed by atoms with Crippen molar-refractivity contribution < 1.29 is 4.74 Å². The number of rotatable bonds is 3. The van der Waals surface area contributed by atoms with Crippen LogP contribution in [0.2, 0.25) is 0 Å². The van der Waals surface area contributed by atoms with Crippen LogP contribution < -0.4 is 5.32 Å². The Kier molecular flexibility index (Phi) is 4.58. The molecule has 2 unspecified atom stereocenters. The number of ether oxygens (including phenoxy) is 1. The second-order valence-corrected chi connectivity index (χ2v) is 5.22. The van der Waals surface area contributed by atoms with Gasteiger partial charge in [0.25, 0.3) is 0 Å². The molecule has 0 aromatic rings. The molecule has 0 spiro atoms. The zero-order valence-corrected chi connectivity index (χ0v) is 10.6. The Hall–Kier alpha value is -0.160. The van der Waals surface area contributed by atoms with Crippen LogP contribution in [0.1, 0.15) is 12.8 Å². The van der Waals surface area contributed by atoms with Gasteiger partial charge < -0.3 is 19.9 Å². The van der Waals surface area contributed by atoms with Crippen molar-refractivity contribution in [1.29, 1.82) is 0 Å². The summed E-state index contributed by atoms with van der Waals surface area (Å²) in [5.41, 5.74) is 0. The van der Waals surface area contributed by atoms with Crippen LogP contribution >= 0.6 is 0 Å². The van der Waals surface area contributed by atoms with Gasteiger partial charge in [-0.3, -0.25) is 0 Å². The zero-order valence-electron chi connectivity index (χ0n) is 10.6. The Morgan fingerprint density at radius 1 is 1.50 bits per heavy atom. The molecular weight excluding hydrogens is 202 g/mol.